The molecule has 0 amide bonds. The van der Waals surface area contributed by atoms with Crippen molar-refractivity contribution >= 4 is 0 Å². The summed E-state index contributed by atoms with van der Waals surface area (Å²) in [6.07, 6.45) is 1.13. The molecule has 0 unspecified atom stereocenters. The van der Waals surface area contributed by atoms with Crippen LogP contribution in [0, 0.1) is 0 Å². The zero-order valence-corrected chi connectivity index (χ0v) is 5.99. The van der Waals surface area contributed by atoms with E-state index in [2.05, 4.69) is 18.8 Å². The summed E-state index contributed by atoms with van der Waals surface area (Å²) in [5, 5.41) is 3.15. The van der Waals surface area contributed by atoms with Gasteiger partial charge in [0.1, 0.15) is 0 Å². The fraction of sp³-hybridized carbons (Fsp3) is 0.714. The Balaban J connectivity index is 3.52. The maximum Gasteiger partial charge on any atom is 0.0268 e. The van der Waals surface area contributed by atoms with Crippen LogP contribution >= 0.6 is 0 Å². The van der Waals surface area contributed by atoms with Gasteiger partial charge in [0.15, 0.2) is 0 Å². The van der Waals surface area contributed by atoms with Gasteiger partial charge in [0.05, 0.1) is 0 Å². The van der Waals surface area contributed by atoms with Crippen LogP contribution < -0.4 is 5.32 Å². The fourth-order valence-electron chi connectivity index (χ4n) is 0.799. The van der Waals surface area contributed by atoms with E-state index in [-0.39, 0.29) is 0 Å². The molecule has 0 saturated heterocycles. The lowest BCUT2D eigenvalue weighted by atomic mass is 10.1. The zero-order chi connectivity index (χ0) is 6.57. The number of hydrogen-bond donors (Lipinski definition) is 1. The molecule has 8 heavy (non-hydrogen) atoms. The molecule has 1 atom stereocenters. The summed E-state index contributed by atoms with van der Waals surface area (Å²) >= 11 is 0. The Morgan fingerprint density at radius 1 is 1.75 bits per heavy atom. The number of rotatable bonds is 3. The number of hydrogen-bond acceptors (Lipinski definition) is 1. The Hall–Kier alpha value is -0.300. The lowest BCUT2D eigenvalue weighted by Gasteiger charge is -2.11. The van der Waals surface area contributed by atoms with E-state index in [0.29, 0.717) is 6.04 Å². The first-order chi connectivity index (χ1) is 3.72. The first-order valence-electron chi connectivity index (χ1n) is 3.05. The summed E-state index contributed by atoms with van der Waals surface area (Å²) in [5.74, 6) is 0. The lowest BCUT2D eigenvalue weighted by Crippen LogP contribution is -2.24. The highest BCUT2D eigenvalue weighted by molar-refractivity contribution is 4.99. The minimum Gasteiger partial charge on any atom is -0.313 e. The van der Waals surface area contributed by atoms with E-state index in [4.69, 9.17) is 0 Å². The molecule has 0 rings (SSSR count). The van der Waals surface area contributed by atoms with Crippen LogP contribution in [-0.4, -0.2) is 13.1 Å². The highest BCUT2D eigenvalue weighted by Gasteiger charge is 1.99. The zero-order valence-electron chi connectivity index (χ0n) is 5.99. The maximum atomic E-state index is 3.83. The van der Waals surface area contributed by atoms with Gasteiger partial charge in [-0.2, -0.15) is 0 Å². The van der Waals surface area contributed by atoms with Gasteiger partial charge in [0.25, 0.3) is 0 Å². The molecule has 0 aliphatic rings. The summed E-state index contributed by atoms with van der Waals surface area (Å²) in [7, 11) is 1.96. The second-order valence-electron chi connectivity index (χ2n) is 2.10. The minimum atomic E-state index is 0.509. The van der Waals surface area contributed by atoms with E-state index in [1.54, 1.807) is 0 Å². The molecule has 0 saturated carbocycles. The first-order valence-corrected chi connectivity index (χ1v) is 3.05. The van der Waals surface area contributed by atoms with Crippen molar-refractivity contribution in [1.82, 2.24) is 5.32 Å². The van der Waals surface area contributed by atoms with Crippen molar-refractivity contribution in [3.63, 3.8) is 0 Å². The van der Waals surface area contributed by atoms with Crippen LogP contribution in [0.2, 0.25) is 0 Å². The SMILES string of the molecule is C=C(C)[C@@H](CC)NC. The third-order valence-corrected chi connectivity index (χ3v) is 1.35. The highest BCUT2D eigenvalue weighted by Crippen LogP contribution is 1.99. The monoisotopic (exact) mass is 113 g/mol. The van der Waals surface area contributed by atoms with Crippen molar-refractivity contribution in [2.24, 2.45) is 0 Å². The van der Waals surface area contributed by atoms with Crippen molar-refractivity contribution in [3.8, 4) is 0 Å². The predicted molar refractivity (Wildman–Crippen MR) is 38.0 cm³/mol. The Bertz CT molecular complexity index is 72.5. The summed E-state index contributed by atoms with van der Waals surface area (Å²) in [5.41, 5.74) is 1.22. The molecule has 0 fully saturated rings. The molecule has 0 aromatic rings. The average molecular weight is 113 g/mol. The largest absolute Gasteiger partial charge is 0.313 e. The van der Waals surface area contributed by atoms with Crippen LogP contribution in [0.3, 0.4) is 0 Å². The van der Waals surface area contributed by atoms with Crippen LogP contribution in [0.25, 0.3) is 0 Å². The van der Waals surface area contributed by atoms with Crippen LogP contribution in [-0.2, 0) is 0 Å². The molecule has 1 N–H and O–H groups in total. The van der Waals surface area contributed by atoms with Gasteiger partial charge >= 0.3 is 0 Å². The number of nitrogens with one attached hydrogen (secondary N) is 1. The van der Waals surface area contributed by atoms with Gasteiger partial charge in [-0.3, -0.25) is 0 Å². The van der Waals surface area contributed by atoms with Crippen molar-refractivity contribution < 1.29 is 0 Å². The summed E-state index contributed by atoms with van der Waals surface area (Å²) in [6, 6.07) is 0.509. The van der Waals surface area contributed by atoms with Crippen LogP contribution in [0.15, 0.2) is 12.2 Å². The molecule has 0 aromatic carbocycles. The summed E-state index contributed by atoms with van der Waals surface area (Å²) in [6.45, 7) is 8.03. The van der Waals surface area contributed by atoms with Gasteiger partial charge < -0.3 is 5.32 Å². The molecule has 0 aromatic heterocycles. The molecule has 1 heteroatoms. The van der Waals surface area contributed by atoms with E-state index in [0.717, 1.165) is 6.42 Å². The molecule has 0 aliphatic heterocycles. The van der Waals surface area contributed by atoms with Gasteiger partial charge in [0.2, 0.25) is 0 Å². The molecule has 0 heterocycles. The smallest absolute Gasteiger partial charge is 0.0268 e. The third kappa shape index (κ3) is 2.12. The molecule has 0 bridgehead atoms. The van der Waals surface area contributed by atoms with Gasteiger partial charge in [-0.05, 0) is 20.4 Å². The highest BCUT2D eigenvalue weighted by atomic mass is 14.9. The Labute approximate surface area is 51.8 Å². The molecule has 0 spiro atoms. The molecular formula is C7H15N. The summed E-state index contributed by atoms with van der Waals surface area (Å²) < 4.78 is 0. The molecule has 0 radical (unpaired) electrons. The first kappa shape index (κ1) is 7.70. The second kappa shape index (κ2) is 3.67. The maximum absolute atomic E-state index is 3.83. The molecule has 48 valence electrons. The Morgan fingerprint density at radius 2 is 2.25 bits per heavy atom. The molecular weight excluding hydrogens is 98.1 g/mol. The Morgan fingerprint density at radius 3 is 2.25 bits per heavy atom. The van der Waals surface area contributed by atoms with Gasteiger partial charge in [-0.15, -0.1) is 0 Å². The average Bonchev–Trinajstić information content (AvgIpc) is 1.69. The molecule has 0 aliphatic carbocycles. The van der Waals surface area contributed by atoms with Gasteiger partial charge in [-0.25, -0.2) is 0 Å². The quantitative estimate of drug-likeness (QED) is 0.548. The van der Waals surface area contributed by atoms with Gasteiger partial charge in [-0.1, -0.05) is 19.1 Å². The van der Waals surface area contributed by atoms with Crippen LogP contribution in [0.1, 0.15) is 20.3 Å². The van der Waals surface area contributed by atoms with E-state index < -0.39 is 0 Å². The van der Waals surface area contributed by atoms with E-state index >= 15 is 0 Å². The van der Waals surface area contributed by atoms with Crippen LogP contribution in [0.5, 0.6) is 0 Å². The fourth-order valence-corrected chi connectivity index (χ4v) is 0.799. The normalized spacial score (nSPS) is 13.4. The topological polar surface area (TPSA) is 12.0 Å². The standard InChI is InChI=1S/C7H15N/c1-5-7(8-4)6(2)3/h7-8H,2,5H2,1,3-4H3/t7-/m1/s1. The van der Waals surface area contributed by atoms with Crippen molar-refractivity contribution in [3.05, 3.63) is 12.2 Å². The van der Waals surface area contributed by atoms with Crippen LogP contribution in [0.4, 0.5) is 0 Å². The van der Waals surface area contributed by atoms with Gasteiger partial charge in [0, 0.05) is 6.04 Å². The second-order valence-corrected chi connectivity index (χ2v) is 2.10. The van der Waals surface area contributed by atoms with Crippen molar-refractivity contribution in [2.75, 3.05) is 7.05 Å². The van der Waals surface area contributed by atoms with E-state index in [1.165, 1.54) is 5.57 Å². The Kier molecular flexibility index (Phi) is 3.53. The number of likely N-dealkylation sites (N-methyl/N-ethyl adjacent to an activating group) is 1. The van der Waals surface area contributed by atoms with E-state index in [9.17, 15) is 0 Å². The van der Waals surface area contributed by atoms with E-state index in [1.807, 2.05) is 14.0 Å². The minimum absolute atomic E-state index is 0.509. The van der Waals surface area contributed by atoms with Crippen molar-refractivity contribution in [2.45, 2.75) is 26.3 Å². The lowest BCUT2D eigenvalue weighted by molar-refractivity contribution is 0.618. The third-order valence-electron chi connectivity index (χ3n) is 1.35. The molecule has 1 nitrogen and oxygen atoms in total. The predicted octanol–water partition coefficient (Wildman–Crippen LogP) is 1.56. The van der Waals surface area contributed by atoms with Crippen molar-refractivity contribution in [1.29, 1.82) is 0 Å². The summed E-state index contributed by atoms with van der Waals surface area (Å²) in [4.78, 5) is 0.